The van der Waals surface area contributed by atoms with Crippen molar-refractivity contribution in [1.82, 2.24) is 0 Å². The van der Waals surface area contributed by atoms with Crippen molar-refractivity contribution < 1.29 is 9.53 Å². The molecule has 1 aromatic rings. The van der Waals surface area contributed by atoms with E-state index in [1.165, 1.54) is 30.9 Å². The average molecular weight is 351 g/mol. The van der Waals surface area contributed by atoms with E-state index in [0.717, 1.165) is 29.7 Å². The van der Waals surface area contributed by atoms with Crippen LogP contribution in [0.2, 0.25) is 0 Å². The van der Waals surface area contributed by atoms with Crippen LogP contribution in [0.25, 0.3) is 0 Å². The van der Waals surface area contributed by atoms with E-state index in [9.17, 15) is 4.79 Å². The molecule has 1 aliphatic rings. The third-order valence-corrected chi connectivity index (χ3v) is 4.66. The van der Waals surface area contributed by atoms with Gasteiger partial charge in [-0.3, -0.25) is 0 Å². The summed E-state index contributed by atoms with van der Waals surface area (Å²) in [5.74, 6) is 0.570. The average Bonchev–Trinajstić information content (AvgIpc) is 2.48. The first-order chi connectivity index (χ1) is 10.2. The SMILES string of the molecule is CC=CC(=O)OC1CCC(CCc2ccc(Br)cc2)CC1. The first-order valence-electron chi connectivity index (χ1n) is 7.75. The lowest BCUT2D eigenvalue weighted by atomic mass is 9.84. The van der Waals surface area contributed by atoms with Crippen molar-refractivity contribution in [3.05, 3.63) is 46.5 Å². The lowest BCUT2D eigenvalue weighted by molar-refractivity contribution is -0.144. The molecule has 0 unspecified atom stereocenters. The molecule has 114 valence electrons. The fraction of sp³-hybridized carbons (Fsp3) is 0.500. The summed E-state index contributed by atoms with van der Waals surface area (Å²) in [6.07, 6.45) is 10.1. The molecule has 1 fully saturated rings. The topological polar surface area (TPSA) is 26.3 Å². The van der Waals surface area contributed by atoms with E-state index in [1.54, 1.807) is 6.08 Å². The molecule has 0 aromatic heterocycles. The molecule has 0 bridgehead atoms. The van der Waals surface area contributed by atoms with Crippen LogP contribution >= 0.6 is 15.9 Å². The maximum absolute atomic E-state index is 11.4. The zero-order chi connectivity index (χ0) is 15.1. The third-order valence-electron chi connectivity index (χ3n) is 4.13. The molecular weight excluding hydrogens is 328 g/mol. The lowest BCUT2D eigenvalue weighted by Gasteiger charge is -2.28. The highest BCUT2D eigenvalue weighted by Crippen LogP contribution is 2.29. The number of allylic oxidation sites excluding steroid dienone is 1. The molecule has 2 nitrogen and oxygen atoms in total. The first kappa shape index (κ1) is 16.3. The van der Waals surface area contributed by atoms with Crippen LogP contribution in [0.1, 0.15) is 44.6 Å². The zero-order valence-corrected chi connectivity index (χ0v) is 14.1. The molecule has 1 aromatic carbocycles. The van der Waals surface area contributed by atoms with Gasteiger partial charge in [-0.15, -0.1) is 0 Å². The van der Waals surface area contributed by atoms with Gasteiger partial charge in [-0.05, 0) is 69.1 Å². The predicted molar refractivity (Wildman–Crippen MR) is 89.1 cm³/mol. The van der Waals surface area contributed by atoms with E-state index in [-0.39, 0.29) is 12.1 Å². The van der Waals surface area contributed by atoms with Gasteiger partial charge in [0.1, 0.15) is 6.10 Å². The molecule has 0 N–H and O–H groups in total. The number of benzene rings is 1. The Morgan fingerprint density at radius 1 is 1.24 bits per heavy atom. The smallest absolute Gasteiger partial charge is 0.330 e. The lowest BCUT2D eigenvalue weighted by Crippen LogP contribution is -2.24. The predicted octanol–water partition coefficient (Wildman–Crippen LogP) is 5.06. The summed E-state index contributed by atoms with van der Waals surface area (Å²) >= 11 is 3.46. The number of rotatable bonds is 5. The minimum absolute atomic E-state index is 0.123. The van der Waals surface area contributed by atoms with Crippen molar-refractivity contribution in [3.8, 4) is 0 Å². The van der Waals surface area contributed by atoms with Gasteiger partial charge in [0, 0.05) is 10.5 Å². The number of aryl methyl sites for hydroxylation is 1. The Kier molecular flexibility index (Phi) is 6.50. The van der Waals surface area contributed by atoms with Crippen molar-refractivity contribution in [2.75, 3.05) is 0 Å². The molecular formula is C18H23BrO2. The van der Waals surface area contributed by atoms with Gasteiger partial charge in [-0.2, -0.15) is 0 Å². The van der Waals surface area contributed by atoms with Crippen molar-refractivity contribution >= 4 is 21.9 Å². The maximum atomic E-state index is 11.4. The molecule has 3 heteroatoms. The number of carbonyl (C=O) groups is 1. The highest BCUT2D eigenvalue weighted by molar-refractivity contribution is 9.10. The Morgan fingerprint density at radius 2 is 1.90 bits per heavy atom. The van der Waals surface area contributed by atoms with Crippen LogP contribution in [0, 0.1) is 5.92 Å². The molecule has 0 heterocycles. The van der Waals surface area contributed by atoms with Crippen LogP contribution in [-0.2, 0) is 16.0 Å². The highest BCUT2D eigenvalue weighted by Gasteiger charge is 2.23. The summed E-state index contributed by atoms with van der Waals surface area (Å²) in [7, 11) is 0. The molecule has 0 aliphatic heterocycles. The summed E-state index contributed by atoms with van der Waals surface area (Å²) in [6.45, 7) is 1.83. The van der Waals surface area contributed by atoms with Crippen LogP contribution in [0.3, 0.4) is 0 Å². The van der Waals surface area contributed by atoms with Crippen LogP contribution in [0.5, 0.6) is 0 Å². The normalized spacial score (nSPS) is 22.4. The number of carbonyl (C=O) groups excluding carboxylic acids is 1. The molecule has 0 spiro atoms. The summed E-state index contributed by atoms with van der Waals surface area (Å²) in [5.41, 5.74) is 1.40. The summed E-state index contributed by atoms with van der Waals surface area (Å²) in [5, 5.41) is 0. The van der Waals surface area contributed by atoms with E-state index >= 15 is 0 Å². The van der Waals surface area contributed by atoms with Gasteiger partial charge in [-0.1, -0.05) is 34.1 Å². The quantitative estimate of drug-likeness (QED) is 0.547. The second kappa shape index (κ2) is 8.38. The van der Waals surface area contributed by atoms with E-state index in [4.69, 9.17) is 4.74 Å². The van der Waals surface area contributed by atoms with Gasteiger partial charge in [0.2, 0.25) is 0 Å². The van der Waals surface area contributed by atoms with Crippen molar-refractivity contribution in [2.45, 2.75) is 51.6 Å². The van der Waals surface area contributed by atoms with Crippen LogP contribution in [0.4, 0.5) is 0 Å². The number of hydrogen-bond acceptors (Lipinski definition) is 2. The fourth-order valence-corrected chi connectivity index (χ4v) is 3.16. The molecule has 0 atom stereocenters. The number of hydrogen-bond donors (Lipinski definition) is 0. The van der Waals surface area contributed by atoms with Gasteiger partial charge < -0.3 is 4.74 Å². The van der Waals surface area contributed by atoms with Crippen molar-refractivity contribution in [2.24, 2.45) is 5.92 Å². The molecule has 2 rings (SSSR count). The molecule has 0 amide bonds. The van der Waals surface area contributed by atoms with E-state index in [2.05, 4.69) is 40.2 Å². The van der Waals surface area contributed by atoms with Gasteiger partial charge in [0.15, 0.2) is 0 Å². The van der Waals surface area contributed by atoms with Gasteiger partial charge in [0.05, 0.1) is 0 Å². The van der Waals surface area contributed by atoms with Crippen LogP contribution < -0.4 is 0 Å². The van der Waals surface area contributed by atoms with Gasteiger partial charge >= 0.3 is 5.97 Å². The van der Waals surface area contributed by atoms with Crippen LogP contribution in [-0.4, -0.2) is 12.1 Å². The molecule has 1 aliphatic carbocycles. The molecule has 1 saturated carbocycles. The highest BCUT2D eigenvalue weighted by atomic mass is 79.9. The van der Waals surface area contributed by atoms with E-state index in [1.807, 2.05) is 6.92 Å². The summed E-state index contributed by atoms with van der Waals surface area (Å²) in [4.78, 5) is 11.4. The van der Waals surface area contributed by atoms with Crippen molar-refractivity contribution in [3.63, 3.8) is 0 Å². The van der Waals surface area contributed by atoms with E-state index in [0.29, 0.717) is 0 Å². The number of esters is 1. The Labute approximate surface area is 135 Å². The third kappa shape index (κ3) is 5.66. The molecule has 0 saturated heterocycles. The zero-order valence-electron chi connectivity index (χ0n) is 12.6. The second-order valence-electron chi connectivity index (χ2n) is 5.74. The Bertz CT molecular complexity index is 470. The number of ether oxygens (including phenoxy) is 1. The maximum Gasteiger partial charge on any atom is 0.330 e. The van der Waals surface area contributed by atoms with Crippen LogP contribution in [0.15, 0.2) is 40.9 Å². The monoisotopic (exact) mass is 350 g/mol. The minimum Gasteiger partial charge on any atom is -0.459 e. The van der Waals surface area contributed by atoms with Gasteiger partial charge in [0.25, 0.3) is 0 Å². The second-order valence-corrected chi connectivity index (χ2v) is 6.66. The standard InChI is InChI=1S/C18H23BrO2/c1-2-3-18(20)21-17-12-8-15(9-13-17)5-4-14-6-10-16(19)11-7-14/h2-3,6-7,10-11,15,17H,4-5,8-9,12-13H2,1H3. The molecule has 21 heavy (non-hydrogen) atoms. The molecule has 0 radical (unpaired) electrons. The van der Waals surface area contributed by atoms with E-state index < -0.39 is 0 Å². The van der Waals surface area contributed by atoms with Gasteiger partial charge in [-0.25, -0.2) is 4.79 Å². The minimum atomic E-state index is -0.198. The largest absolute Gasteiger partial charge is 0.459 e. The Morgan fingerprint density at radius 3 is 2.52 bits per heavy atom. The Hall–Kier alpha value is -1.09. The fourth-order valence-electron chi connectivity index (χ4n) is 2.90. The first-order valence-corrected chi connectivity index (χ1v) is 8.54. The summed E-state index contributed by atoms with van der Waals surface area (Å²) in [6, 6.07) is 8.59. The Balaban J connectivity index is 1.69. The number of halogens is 1. The summed E-state index contributed by atoms with van der Waals surface area (Å²) < 4.78 is 6.56. The van der Waals surface area contributed by atoms with Crippen molar-refractivity contribution in [1.29, 1.82) is 0 Å².